The van der Waals surface area contributed by atoms with Gasteiger partial charge in [-0.2, -0.15) is 0 Å². The Morgan fingerprint density at radius 1 is 0.608 bits per heavy atom. The fourth-order valence-corrected chi connectivity index (χ4v) is 4.15. The lowest BCUT2D eigenvalue weighted by Gasteiger charge is -2.26. The Kier molecular flexibility index (Phi) is 21.7. The van der Waals surface area contributed by atoms with E-state index in [1.807, 2.05) is 0 Å². The number of hydrogen-bond acceptors (Lipinski definition) is 12. The summed E-state index contributed by atoms with van der Waals surface area (Å²) in [6, 6.07) is -9.09. The number of carboxylic acid groups (broad SMARTS) is 2. The Bertz CT molecular complexity index is 1250. The van der Waals surface area contributed by atoms with Gasteiger partial charge in [-0.3, -0.25) is 43.3 Å². The molecule has 0 unspecified atom stereocenters. The molecule has 0 radical (unpaired) electrons. The standard InChI is InChI=1S/C29H53N11O11/c1-14(22(44)37-16(3)28(50)51)36-27(49)20(13-41)40-23(45)15(2)35-25(47)19(8-6-12-34-29(32)33)39-26(48)18(7-4-5-11-30)38-24(46)17(31)9-10-21(42)43/h14-20,41H,4-13,30-31H2,1-3H3,(H,35,47)(H,36,49)(H,37,44)(H,38,46)(H,39,48)(H,40,45)(H,42,43)(H,50,51)(H4,32,33,34)/t14-,15-,16-,17-,18-,19-,20-/m0/s1. The number of guanidine groups is 1. The lowest BCUT2D eigenvalue weighted by Crippen LogP contribution is -2.59. The third-order valence-corrected chi connectivity index (χ3v) is 7.21. The molecule has 0 aliphatic heterocycles. The molecule has 0 rings (SSSR count). The van der Waals surface area contributed by atoms with E-state index in [0.717, 1.165) is 0 Å². The van der Waals surface area contributed by atoms with Gasteiger partial charge in [0.1, 0.15) is 36.3 Å². The van der Waals surface area contributed by atoms with Crippen LogP contribution in [0.3, 0.4) is 0 Å². The minimum Gasteiger partial charge on any atom is -0.481 e. The average Bonchev–Trinajstić information content (AvgIpc) is 3.05. The fourth-order valence-electron chi connectivity index (χ4n) is 4.15. The van der Waals surface area contributed by atoms with Crippen LogP contribution in [0.5, 0.6) is 0 Å². The molecule has 22 nitrogen and oxygen atoms in total. The molecule has 0 heterocycles. The number of unbranched alkanes of at least 4 members (excludes halogenated alkanes) is 1. The monoisotopic (exact) mass is 731 g/mol. The molecule has 22 heteroatoms. The summed E-state index contributed by atoms with van der Waals surface area (Å²) in [5.41, 5.74) is 22.1. The predicted molar refractivity (Wildman–Crippen MR) is 181 cm³/mol. The van der Waals surface area contributed by atoms with Gasteiger partial charge in [-0.25, -0.2) is 0 Å². The number of rotatable bonds is 25. The van der Waals surface area contributed by atoms with Crippen molar-refractivity contribution in [2.45, 2.75) is 108 Å². The number of aliphatic hydroxyl groups is 1. The maximum atomic E-state index is 13.4. The molecular formula is C29H53N11O11. The number of amides is 6. The van der Waals surface area contributed by atoms with Gasteiger partial charge in [-0.1, -0.05) is 0 Å². The molecule has 6 amide bonds. The summed E-state index contributed by atoms with van der Waals surface area (Å²) >= 11 is 0. The van der Waals surface area contributed by atoms with Gasteiger partial charge in [-0.05, 0) is 65.8 Å². The Labute approximate surface area is 294 Å². The summed E-state index contributed by atoms with van der Waals surface area (Å²) in [7, 11) is 0. The van der Waals surface area contributed by atoms with E-state index in [0.29, 0.717) is 19.4 Å². The molecule has 0 aliphatic rings. The third kappa shape index (κ3) is 19.0. The lowest BCUT2D eigenvalue weighted by molar-refractivity contribution is -0.141. The minimum atomic E-state index is -1.57. The van der Waals surface area contributed by atoms with E-state index >= 15 is 0 Å². The van der Waals surface area contributed by atoms with Gasteiger partial charge in [0.15, 0.2) is 5.96 Å². The number of nitrogens with one attached hydrogen (secondary N) is 6. The van der Waals surface area contributed by atoms with Crippen molar-refractivity contribution in [1.82, 2.24) is 31.9 Å². The quantitative estimate of drug-likeness (QED) is 0.0236. The molecule has 7 atom stereocenters. The number of nitrogens with two attached hydrogens (primary N) is 4. The minimum absolute atomic E-state index is 0.0353. The second-order valence-corrected chi connectivity index (χ2v) is 11.7. The van der Waals surface area contributed by atoms with Crippen LogP contribution in [0.25, 0.3) is 0 Å². The van der Waals surface area contributed by atoms with E-state index in [2.05, 4.69) is 36.9 Å². The molecule has 290 valence electrons. The third-order valence-electron chi connectivity index (χ3n) is 7.21. The van der Waals surface area contributed by atoms with Crippen LogP contribution < -0.4 is 54.8 Å². The number of aliphatic imine (C=N–C) groups is 1. The maximum absolute atomic E-state index is 13.4. The first-order valence-electron chi connectivity index (χ1n) is 16.2. The highest BCUT2D eigenvalue weighted by Crippen LogP contribution is 2.06. The van der Waals surface area contributed by atoms with Gasteiger partial charge in [0, 0.05) is 13.0 Å². The molecule has 0 saturated heterocycles. The van der Waals surface area contributed by atoms with Gasteiger partial charge in [-0.15, -0.1) is 0 Å². The van der Waals surface area contributed by atoms with Crippen molar-refractivity contribution < 1.29 is 53.7 Å². The number of nitrogens with zero attached hydrogens (tertiary/aromatic N) is 1. The molecule has 0 saturated carbocycles. The summed E-state index contributed by atoms with van der Waals surface area (Å²) in [4.78, 5) is 103. The first kappa shape index (κ1) is 45.9. The summed E-state index contributed by atoms with van der Waals surface area (Å²) in [6.45, 7) is 3.20. The molecule has 0 bridgehead atoms. The molecule has 17 N–H and O–H groups in total. The first-order valence-corrected chi connectivity index (χ1v) is 16.2. The largest absolute Gasteiger partial charge is 0.481 e. The van der Waals surface area contributed by atoms with Crippen LogP contribution in [-0.2, 0) is 38.4 Å². The Hall–Kier alpha value is -5.09. The molecule has 0 aromatic carbocycles. The van der Waals surface area contributed by atoms with Gasteiger partial charge in [0.05, 0.1) is 12.6 Å². The fraction of sp³-hybridized carbons (Fsp3) is 0.690. The molecule has 0 aliphatic carbocycles. The average molecular weight is 732 g/mol. The van der Waals surface area contributed by atoms with E-state index in [4.69, 9.17) is 33.1 Å². The number of hydrogen-bond donors (Lipinski definition) is 13. The van der Waals surface area contributed by atoms with Crippen LogP contribution in [0, 0.1) is 0 Å². The second-order valence-electron chi connectivity index (χ2n) is 11.7. The van der Waals surface area contributed by atoms with E-state index in [9.17, 15) is 43.5 Å². The number of aliphatic carboxylic acids is 2. The van der Waals surface area contributed by atoms with Crippen molar-refractivity contribution in [2.24, 2.45) is 27.9 Å². The number of aliphatic hydroxyl groups excluding tert-OH is 1. The summed E-state index contributed by atoms with van der Waals surface area (Å²) in [5, 5.41) is 41.6. The van der Waals surface area contributed by atoms with E-state index in [1.54, 1.807) is 0 Å². The molecule has 0 aromatic rings. The zero-order chi connectivity index (χ0) is 39.3. The van der Waals surface area contributed by atoms with Crippen molar-refractivity contribution in [3.8, 4) is 0 Å². The Balaban J connectivity index is 5.74. The molecular weight excluding hydrogens is 678 g/mol. The van der Waals surface area contributed by atoms with Crippen LogP contribution in [0.4, 0.5) is 0 Å². The smallest absolute Gasteiger partial charge is 0.325 e. The van der Waals surface area contributed by atoms with Gasteiger partial charge in [0.25, 0.3) is 0 Å². The van der Waals surface area contributed by atoms with Crippen molar-refractivity contribution in [1.29, 1.82) is 0 Å². The highest BCUT2D eigenvalue weighted by Gasteiger charge is 2.31. The highest BCUT2D eigenvalue weighted by molar-refractivity contribution is 5.96. The number of carbonyl (C=O) groups is 8. The van der Waals surface area contributed by atoms with Gasteiger partial charge < -0.3 is 70.2 Å². The van der Waals surface area contributed by atoms with Crippen molar-refractivity contribution in [3.63, 3.8) is 0 Å². The highest BCUT2D eigenvalue weighted by atomic mass is 16.4. The molecule has 0 spiro atoms. The Morgan fingerprint density at radius 3 is 1.55 bits per heavy atom. The predicted octanol–water partition coefficient (Wildman–Crippen LogP) is -5.59. The van der Waals surface area contributed by atoms with Crippen molar-refractivity contribution >= 4 is 53.3 Å². The van der Waals surface area contributed by atoms with Crippen LogP contribution in [-0.4, -0.2) is 131 Å². The SMILES string of the molecule is C[C@H](NC(=O)[C@H](C)NC(=O)[C@H](CO)NC(=O)[C@H](C)NC(=O)[C@H](CCCN=C(N)N)NC(=O)[C@H](CCCCN)NC(=O)[C@@H](N)CCC(=O)O)C(=O)O. The first-order chi connectivity index (χ1) is 23.8. The van der Waals surface area contributed by atoms with E-state index < -0.39 is 96.3 Å². The van der Waals surface area contributed by atoms with E-state index in [1.165, 1.54) is 20.8 Å². The lowest BCUT2D eigenvalue weighted by atomic mass is 10.0. The molecule has 0 fully saturated rings. The van der Waals surface area contributed by atoms with Gasteiger partial charge in [0.2, 0.25) is 35.4 Å². The zero-order valence-electron chi connectivity index (χ0n) is 29.0. The van der Waals surface area contributed by atoms with Crippen LogP contribution in [0.1, 0.15) is 65.7 Å². The second kappa shape index (κ2) is 24.1. The van der Waals surface area contributed by atoms with E-state index in [-0.39, 0.29) is 44.6 Å². The Morgan fingerprint density at radius 2 is 1.06 bits per heavy atom. The number of carboxylic acids is 2. The van der Waals surface area contributed by atoms with Crippen LogP contribution in [0.2, 0.25) is 0 Å². The summed E-state index contributed by atoms with van der Waals surface area (Å²) < 4.78 is 0. The molecule has 0 aromatic heterocycles. The van der Waals surface area contributed by atoms with Crippen LogP contribution in [0.15, 0.2) is 4.99 Å². The number of carbonyl (C=O) groups excluding carboxylic acids is 6. The van der Waals surface area contributed by atoms with Gasteiger partial charge >= 0.3 is 11.9 Å². The van der Waals surface area contributed by atoms with Crippen molar-refractivity contribution in [2.75, 3.05) is 19.7 Å². The normalized spacial score (nSPS) is 14.9. The zero-order valence-corrected chi connectivity index (χ0v) is 29.0. The maximum Gasteiger partial charge on any atom is 0.325 e. The van der Waals surface area contributed by atoms with Crippen molar-refractivity contribution in [3.05, 3.63) is 0 Å². The summed E-state index contributed by atoms with van der Waals surface area (Å²) in [6.07, 6.45) is 0.594. The molecule has 51 heavy (non-hydrogen) atoms. The van der Waals surface area contributed by atoms with Crippen LogP contribution >= 0.6 is 0 Å². The summed E-state index contributed by atoms with van der Waals surface area (Å²) in [5.74, 6) is -7.83. The topological polar surface area (TPSA) is 386 Å².